The van der Waals surface area contributed by atoms with Crippen molar-refractivity contribution in [1.29, 1.82) is 0 Å². The summed E-state index contributed by atoms with van der Waals surface area (Å²) in [6.07, 6.45) is 0.903. The quantitative estimate of drug-likeness (QED) is 0.856. The first kappa shape index (κ1) is 13.6. The number of rotatable bonds is 2. The number of ether oxygens (including phenoxy) is 1. The molecule has 0 saturated heterocycles. The highest BCUT2D eigenvalue weighted by Crippen LogP contribution is 2.29. The highest BCUT2D eigenvalue weighted by atomic mass is 16.5. The molecule has 0 spiro atoms. The topological polar surface area (TPSA) is 69.0 Å². The summed E-state index contributed by atoms with van der Waals surface area (Å²) in [5.74, 6) is 0.194. The Morgan fingerprint density at radius 3 is 2.71 bits per heavy atom. The van der Waals surface area contributed by atoms with Gasteiger partial charge in [0.05, 0.1) is 13.2 Å². The summed E-state index contributed by atoms with van der Waals surface area (Å²) in [7, 11) is 1.33. The molecule has 3 rings (SSSR count). The van der Waals surface area contributed by atoms with Crippen molar-refractivity contribution in [3.63, 3.8) is 0 Å². The van der Waals surface area contributed by atoms with E-state index in [9.17, 15) is 4.79 Å². The van der Waals surface area contributed by atoms with Crippen LogP contribution in [0.25, 0.3) is 0 Å². The van der Waals surface area contributed by atoms with E-state index in [1.54, 1.807) is 4.68 Å². The van der Waals surface area contributed by atoms with Crippen molar-refractivity contribution in [1.82, 2.24) is 14.8 Å². The van der Waals surface area contributed by atoms with Gasteiger partial charge >= 0.3 is 5.97 Å². The fourth-order valence-corrected chi connectivity index (χ4v) is 2.79. The first-order valence-corrected chi connectivity index (χ1v) is 6.95. The van der Waals surface area contributed by atoms with E-state index < -0.39 is 5.97 Å². The zero-order valence-corrected chi connectivity index (χ0v) is 12.4. The van der Waals surface area contributed by atoms with Crippen LogP contribution in [0.2, 0.25) is 0 Å². The van der Waals surface area contributed by atoms with Gasteiger partial charge in [0.25, 0.3) is 5.82 Å². The lowest BCUT2D eigenvalue weighted by molar-refractivity contribution is 0.0586. The molecule has 6 heteroatoms. The Morgan fingerprint density at radius 2 is 2.05 bits per heavy atom. The van der Waals surface area contributed by atoms with E-state index >= 15 is 0 Å². The van der Waals surface area contributed by atoms with Gasteiger partial charge < -0.3 is 10.1 Å². The number of methoxy groups -OCH3 is 1. The number of anilines is 1. The minimum Gasteiger partial charge on any atom is -0.463 e. The Hall–Kier alpha value is -2.37. The third kappa shape index (κ3) is 2.49. The van der Waals surface area contributed by atoms with Crippen molar-refractivity contribution >= 4 is 11.9 Å². The first-order chi connectivity index (χ1) is 10.1. The lowest BCUT2D eigenvalue weighted by Gasteiger charge is -2.25. The Kier molecular flexibility index (Phi) is 3.37. The van der Waals surface area contributed by atoms with Crippen LogP contribution >= 0.6 is 0 Å². The van der Waals surface area contributed by atoms with E-state index in [2.05, 4.69) is 52.2 Å². The highest BCUT2D eigenvalue weighted by Gasteiger charge is 2.26. The van der Waals surface area contributed by atoms with Gasteiger partial charge in [0.15, 0.2) is 0 Å². The van der Waals surface area contributed by atoms with Gasteiger partial charge in [-0.05, 0) is 25.8 Å². The summed E-state index contributed by atoms with van der Waals surface area (Å²) in [6, 6.07) is 6.55. The number of carbonyl (C=O) groups is 1. The molecule has 1 unspecified atom stereocenters. The van der Waals surface area contributed by atoms with Gasteiger partial charge in [0.1, 0.15) is 0 Å². The maximum absolute atomic E-state index is 11.6. The summed E-state index contributed by atoms with van der Waals surface area (Å²) < 4.78 is 6.47. The standard InChI is InChI=1S/C15H18N4O2/c1-9-6-10(2)8-11(7-9)12-4-5-16-15-17-13(14(20)21-3)18-19(12)15/h6-8,12H,4-5H2,1-3H3,(H,16,17,18). The van der Waals surface area contributed by atoms with Crippen LogP contribution in [0, 0.1) is 13.8 Å². The van der Waals surface area contributed by atoms with Gasteiger partial charge in [-0.3, -0.25) is 0 Å². The highest BCUT2D eigenvalue weighted by molar-refractivity contribution is 5.85. The molecule has 1 aliphatic rings. The number of benzene rings is 1. The molecule has 6 nitrogen and oxygen atoms in total. The van der Waals surface area contributed by atoms with Crippen LogP contribution in [0.5, 0.6) is 0 Å². The van der Waals surface area contributed by atoms with Crippen LogP contribution in [0.3, 0.4) is 0 Å². The van der Waals surface area contributed by atoms with Crippen molar-refractivity contribution in [3.8, 4) is 0 Å². The molecule has 2 aromatic rings. The second kappa shape index (κ2) is 5.20. The maximum atomic E-state index is 11.6. The van der Waals surface area contributed by atoms with E-state index in [0.29, 0.717) is 5.95 Å². The predicted octanol–water partition coefficient (Wildman–Crippen LogP) is 2.09. The predicted molar refractivity (Wildman–Crippen MR) is 78.5 cm³/mol. The Labute approximate surface area is 123 Å². The van der Waals surface area contributed by atoms with Crippen LogP contribution in [-0.4, -0.2) is 34.4 Å². The second-order valence-corrected chi connectivity index (χ2v) is 5.35. The van der Waals surface area contributed by atoms with Gasteiger partial charge in [-0.1, -0.05) is 29.3 Å². The zero-order chi connectivity index (χ0) is 15.0. The number of carbonyl (C=O) groups excluding carboxylic acids is 1. The van der Waals surface area contributed by atoms with Crippen LogP contribution in [-0.2, 0) is 4.74 Å². The molecule has 0 radical (unpaired) electrons. The van der Waals surface area contributed by atoms with E-state index in [1.165, 1.54) is 23.8 Å². The molecule has 1 aromatic heterocycles. The molecular weight excluding hydrogens is 268 g/mol. The Morgan fingerprint density at radius 1 is 1.33 bits per heavy atom. The van der Waals surface area contributed by atoms with Crippen molar-refractivity contribution in [2.45, 2.75) is 26.3 Å². The van der Waals surface area contributed by atoms with Crippen LogP contribution in [0.15, 0.2) is 18.2 Å². The molecule has 0 amide bonds. The van der Waals surface area contributed by atoms with Crippen molar-refractivity contribution < 1.29 is 9.53 Å². The molecule has 1 atom stereocenters. The monoisotopic (exact) mass is 286 g/mol. The summed E-state index contributed by atoms with van der Waals surface area (Å²) in [5.41, 5.74) is 3.63. The molecule has 2 heterocycles. The van der Waals surface area contributed by atoms with Crippen LogP contribution in [0.1, 0.15) is 39.8 Å². The smallest absolute Gasteiger partial charge is 0.378 e. The second-order valence-electron chi connectivity index (χ2n) is 5.35. The molecule has 1 aliphatic heterocycles. The number of nitrogens with one attached hydrogen (secondary N) is 1. The molecule has 1 N–H and O–H groups in total. The average Bonchev–Trinajstić information content (AvgIpc) is 2.89. The van der Waals surface area contributed by atoms with Crippen LogP contribution < -0.4 is 5.32 Å². The lowest BCUT2D eigenvalue weighted by atomic mass is 9.98. The van der Waals surface area contributed by atoms with Gasteiger partial charge in [0.2, 0.25) is 5.95 Å². The summed E-state index contributed by atoms with van der Waals surface area (Å²) in [5, 5.41) is 7.48. The van der Waals surface area contributed by atoms with E-state index in [-0.39, 0.29) is 11.9 Å². The first-order valence-electron chi connectivity index (χ1n) is 6.95. The van der Waals surface area contributed by atoms with Crippen molar-refractivity contribution in [3.05, 3.63) is 40.7 Å². The molecular formula is C15H18N4O2. The molecule has 1 aromatic carbocycles. The van der Waals surface area contributed by atoms with Crippen LogP contribution in [0.4, 0.5) is 5.95 Å². The normalized spacial score (nSPS) is 17.0. The number of hydrogen-bond acceptors (Lipinski definition) is 5. The minimum atomic E-state index is -0.516. The zero-order valence-electron chi connectivity index (χ0n) is 12.4. The number of hydrogen-bond donors (Lipinski definition) is 1. The number of esters is 1. The van der Waals surface area contributed by atoms with Crippen molar-refractivity contribution in [2.75, 3.05) is 19.0 Å². The number of aryl methyl sites for hydroxylation is 2. The van der Waals surface area contributed by atoms with E-state index in [1.807, 2.05) is 0 Å². The molecule has 0 saturated carbocycles. The molecule has 0 fully saturated rings. The summed E-state index contributed by atoms with van der Waals surface area (Å²) >= 11 is 0. The maximum Gasteiger partial charge on any atom is 0.378 e. The average molecular weight is 286 g/mol. The third-order valence-corrected chi connectivity index (χ3v) is 3.62. The Balaban J connectivity index is 2.03. The molecule has 0 bridgehead atoms. The minimum absolute atomic E-state index is 0.0887. The fraction of sp³-hybridized carbons (Fsp3) is 0.400. The number of aromatic nitrogens is 3. The molecule has 0 aliphatic carbocycles. The van der Waals surface area contributed by atoms with Gasteiger partial charge in [0, 0.05) is 6.54 Å². The summed E-state index contributed by atoms with van der Waals surface area (Å²) in [4.78, 5) is 15.8. The van der Waals surface area contributed by atoms with E-state index in [4.69, 9.17) is 0 Å². The molecule has 21 heavy (non-hydrogen) atoms. The van der Waals surface area contributed by atoms with Gasteiger partial charge in [-0.2, -0.15) is 4.98 Å². The van der Waals surface area contributed by atoms with Gasteiger partial charge in [-0.25, -0.2) is 9.48 Å². The number of nitrogens with zero attached hydrogens (tertiary/aromatic N) is 3. The largest absolute Gasteiger partial charge is 0.463 e. The van der Waals surface area contributed by atoms with Gasteiger partial charge in [-0.15, -0.1) is 5.10 Å². The third-order valence-electron chi connectivity index (χ3n) is 3.62. The SMILES string of the molecule is COC(=O)c1nc2n(n1)C(c1cc(C)cc(C)c1)CCN2. The number of fused-ring (bicyclic) bond motifs is 1. The Bertz CT molecular complexity index is 673. The molecule has 110 valence electrons. The van der Waals surface area contributed by atoms with E-state index in [0.717, 1.165) is 13.0 Å². The fourth-order valence-electron chi connectivity index (χ4n) is 2.79. The lowest BCUT2D eigenvalue weighted by Crippen LogP contribution is -2.25. The van der Waals surface area contributed by atoms with Crippen molar-refractivity contribution in [2.24, 2.45) is 0 Å². The summed E-state index contributed by atoms with van der Waals surface area (Å²) in [6.45, 7) is 4.97.